The summed E-state index contributed by atoms with van der Waals surface area (Å²) in [7, 11) is -5.66. The second-order valence-corrected chi connectivity index (χ2v) is 15.2. The summed E-state index contributed by atoms with van der Waals surface area (Å²) in [6.07, 6.45) is 13.5. The number of halogens is 3. The largest absolute Gasteiger partial charge is 0.534 e. The van der Waals surface area contributed by atoms with Crippen LogP contribution in [0.5, 0.6) is 0 Å². The highest BCUT2D eigenvalue weighted by Gasteiger charge is 2.65. The predicted octanol–water partition coefficient (Wildman–Crippen LogP) is 12.7. The van der Waals surface area contributed by atoms with Crippen LogP contribution in [0.15, 0.2) is 25.0 Å². The third-order valence-corrected chi connectivity index (χ3v) is 12.9. The van der Waals surface area contributed by atoms with Gasteiger partial charge in [-0.2, -0.15) is 21.6 Å². The molecule has 0 spiro atoms. The highest BCUT2D eigenvalue weighted by atomic mass is 32.2. The minimum Gasteiger partial charge on any atom is -0.380 e. The number of fused-ring (bicyclic) bond motifs is 7. The lowest BCUT2D eigenvalue weighted by molar-refractivity contribution is -0.182. The summed E-state index contributed by atoms with van der Waals surface area (Å²) in [4.78, 5) is 0. The molecule has 8 atom stereocenters. The van der Waals surface area contributed by atoms with Crippen molar-refractivity contribution < 1.29 is 25.8 Å². The number of hydrogen-bond acceptors (Lipinski definition) is 3. The molecule has 44 heavy (non-hydrogen) atoms. The molecule has 0 radical (unpaired) electrons. The summed E-state index contributed by atoms with van der Waals surface area (Å²) >= 11 is 0. The molecule has 5 aliphatic carbocycles. The van der Waals surface area contributed by atoms with E-state index < -0.39 is 21.0 Å². The van der Waals surface area contributed by atoms with Crippen LogP contribution < -0.4 is 0 Å². The van der Waals surface area contributed by atoms with Crippen molar-refractivity contribution in [2.24, 2.45) is 51.2 Å². The number of alkyl halides is 3. The molecule has 3 unspecified atom stereocenters. The molecule has 0 saturated heterocycles. The smallest absolute Gasteiger partial charge is 0.380 e. The number of allylic oxidation sites excluding steroid dienone is 2. The molecule has 5 rings (SSSR count). The molecule has 4 fully saturated rings. The molecule has 5 aliphatic rings. The quantitative estimate of drug-likeness (QED) is 0.170. The Bertz CT molecular complexity index is 1000. The maximum absolute atomic E-state index is 13.1. The van der Waals surface area contributed by atoms with Crippen molar-refractivity contribution in [1.82, 2.24) is 0 Å². The Morgan fingerprint density at radius 1 is 0.727 bits per heavy atom. The zero-order valence-electron chi connectivity index (χ0n) is 30.7. The Hall–Kier alpha value is -0.980. The zero-order valence-corrected chi connectivity index (χ0v) is 31.5. The minimum atomic E-state index is -5.66. The maximum atomic E-state index is 13.1. The van der Waals surface area contributed by atoms with Crippen molar-refractivity contribution in [2.75, 3.05) is 0 Å². The SMILES string of the molecule is C=C.CC.CC.CC.CC.CC1(C)C(OS(=O)(=O)C(F)(F)F)=CC[C@@]2(C)C1CC[C@@]1(C)C3CC[C@@]4(C)CCC[C@@H]4[C@H]3CCC12. The standard InChI is InChI=1S/C27H41F3O3S.4C2H6.C2H4/c1-23(2)20-11-15-25(4)19-10-14-24(3)13-6-7-18(24)17(19)8-9-21(25)26(20,5)16-12-22(23)33-34(31,32)27(28,29)30;5*1-2/h12,17-21H,6-11,13-16H2,1-5H3;4*1-2H3;1-2H2/t17-,18-,19?,20?,21?,24-,25+,26+;;;;;/m1...../s1. The fourth-order valence-corrected chi connectivity index (χ4v) is 11.1. The highest BCUT2D eigenvalue weighted by molar-refractivity contribution is 7.87. The Morgan fingerprint density at radius 3 is 1.80 bits per heavy atom. The molecule has 0 bridgehead atoms. The van der Waals surface area contributed by atoms with Crippen LogP contribution in [-0.4, -0.2) is 13.9 Å². The van der Waals surface area contributed by atoms with Gasteiger partial charge < -0.3 is 4.18 Å². The van der Waals surface area contributed by atoms with Crippen molar-refractivity contribution in [2.45, 2.75) is 160 Å². The molecule has 0 amide bonds. The molecule has 3 nitrogen and oxygen atoms in total. The van der Waals surface area contributed by atoms with Crippen LogP contribution in [0, 0.1) is 51.2 Å². The van der Waals surface area contributed by atoms with Gasteiger partial charge in [0.2, 0.25) is 0 Å². The minimum absolute atomic E-state index is 0.0241. The van der Waals surface area contributed by atoms with Crippen LogP contribution in [0.2, 0.25) is 0 Å². The summed E-state index contributed by atoms with van der Waals surface area (Å²) in [5.74, 6) is 2.97. The Kier molecular flexibility index (Phi) is 16.4. The third kappa shape index (κ3) is 7.59. The molecule has 0 aliphatic heterocycles. The molecule has 0 N–H and O–H groups in total. The van der Waals surface area contributed by atoms with E-state index in [1.165, 1.54) is 44.9 Å². The summed E-state index contributed by atoms with van der Waals surface area (Å²) < 4.78 is 67.6. The Labute approximate surface area is 271 Å². The van der Waals surface area contributed by atoms with Gasteiger partial charge in [0.25, 0.3) is 0 Å². The van der Waals surface area contributed by atoms with Crippen LogP contribution in [0.4, 0.5) is 13.2 Å². The summed E-state index contributed by atoms with van der Waals surface area (Å²) in [5.41, 5.74) is -5.47. The van der Waals surface area contributed by atoms with Gasteiger partial charge in [-0.05, 0) is 110 Å². The molecular formula is C37H69F3O3S. The third-order valence-electron chi connectivity index (χ3n) is 11.9. The average Bonchev–Trinajstić information content (AvgIpc) is 3.41. The highest BCUT2D eigenvalue weighted by Crippen LogP contribution is 2.72. The average molecular weight is 651 g/mol. The molecule has 0 aromatic carbocycles. The summed E-state index contributed by atoms with van der Waals surface area (Å²) in [6, 6.07) is 0. The Balaban J connectivity index is 0.00000169. The van der Waals surface area contributed by atoms with Crippen LogP contribution in [-0.2, 0) is 14.3 Å². The van der Waals surface area contributed by atoms with Crippen molar-refractivity contribution in [3.63, 3.8) is 0 Å². The van der Waals surface area contributed by atoms with Crippen molar-refractivity contribution >= 4 is 10.1 Å². The van der Waals surface area contributed by atoms with Crippen LogP contribution >= 0.6 is 0 Å². The topological polar surface area (TPSA) is 43.4 Å². The van der Waals surface area contributed by atoms with Gasteiger partial charge in [-0.25, -0.2) is 0 Å². The van der Waals surface area contributed by atoms with Gasteiger partial charge in [-0.1, -0.05) is 96.4 Å². The van der Waals surface area contributed by atoms with Crippen LogP contribution in [0.1, 0.15) is 154 Å². The summed E-state index contributed by atoms with van der Waals surface area (Å²) in [6.45, 7) is 33.1. The second kappa shape index (κ2) is 16.7. The van der Waals surface area contributed by atoms with E-state index in [9.17, 15) is 21.6 Å². The molecule has 7 heteroatoms. The van der Waals surface area contributed by atoms with Gasteiger partial charge in [0.15, 0.2) is 0 Å². The first-order valence-electron chi connectivity index (χ1n) is 17.8. The maximum Gasteiger partial charge on any atom is 0.534 e. The molecule has 4 saturated carbocycles. The van der Waals surface area contributed by atoms with Crippen LogP contribution in [0.25, 0.3) is 0 Å². The van der Waals surface area contributed by atoms with E-state index in [0.29, 0.717) is 17.8 Å². The van der Waals surface area contributed by atoms with E-state index in [1.807, 2.05) is 69.2 Å². The fourth-order valence-electron chi connectivity index (χ4n) is 10.4. The van der Waals surface area contributed by atoms with E-state index >= 15 is 0 Å². The van der Waals surface area contributed by atoms with Gasteiger partial charge >= 0.3 is 15.6 Å². The first kappa shape index (κ1) is 43.0. The van der Waals surface area contributed by atoms with Gasteiger partial charge in [-0.15, -0.1) is 13.2 Å². The van der Waals surface area contributed by atoms with Gasteiger partial charge in [0.05, 0.1) is 0 Å². The number of rotatable bonds is 2. The van der Waals surface area contributed by atoms with Crippen molar-refractivity contribution in [3.8, 4) is 0 Å². The lowest BCUT2D eigenvalue weighted by Gasteiger charge is -2.68. The lowest BCUT2D eigenvalue weighted by atomic mass is 9.37. The number of hydrogen-bond donors (Lipinski definition) is 0. The monoisotopic (exact) mass is 650 g/mol. The fraction of sp³-hybridized carbons (Fsp3) is 0.892. The van der Waals surface area contributed by atoms with Crippen LogP contribution in [0.3, 0.4) is 0 Å². The molecule has 0 aromatic rings. The van der Waals surface area contributed by atoms with Gasteiger partial charge in [0, 0.05) is 5.41 Å². The van der Waals surface area contributed by atoms with Crippen molar-refractivity contribution in [1.29, 1.82) is 0 Å². The van der Waals surface area contributed by atoms with E-state index in [2.05, 4.69) is 33.9 Å². The normalized spacial score (nSPS) is 37.8. The van der Waals surface area contributed by atoms with E-state index in [1.54, 1.807) is 6.08 Å². The molecule has 0 heterocycles. The molecule has 262 valence electrons. The predicted molar refractivity (Wildman–Crippen MR) is 183 cm³/mol. The van der Waals surface area contributed by atoms with Gasteiger partial charge in [0.1, 0.15) is 5.76 Å². The van der Waals surface area contributed by atoms with Crippen molar-refractivity contribution in [3.05, 3.63) is 25.0 Å². The van der Waals surface area contributed by atoms with E-state index in [-0.39, 0.29) is 22.5 Å². The lowest BCUT2D eigenvalue weighted by Crippen LogP contribution is -2.61. The van der Waals surface area contributed by atoms with Gasteiger partial charge in [-0.3, -0.25) is 0 Å². The Morgan fingerprint density at radius 2 is 1.27 bits per heavy atom. The first-order valence-corrected chi connectivity index (χ1v) is 19.2. The first-order chi connectivity index (χ1) is 20.6. The van der Waals surface area contributed by atoms with E-state index in [0.717, 1.165) is 30.6 Å². The molecular weight excluding hydrogens is 581 g/mol. The zero-order chi connectivity index (χ0) is 34.9. The summed E-state index contributed by atoms with van der Waals surface area (Å²) in [5, 5.41) is 0. The molecule has 0 aromatic heterocycles. The van der Waals surface area contributed by atoms with E-state index in [4.69, 9.17) is 4.18 Å². The second-order valence-electron chi connectivity index (χ2n) is 13.7.